The Hall–Kier alpha value is -0.0800. The average molecular weight is 156 g/mol. The number of piperidine rings is 1. The Morgan fingerprint density at radius 3 is 2.45 bits per heavy atom. The molecular formula is C9H20N2. The number of hydrogen-bond donors (Lipinski definition) is 2. The van der Waals surface area contributed by atoms with E-state index in [1.54, 1.807) is 0 Å². The van der Waals surface area contributed by atoms with E-state index in [1.807, 2.05) is 0 Å². The predicted octanol–water partition coefficient (Wildman–Crippen LogP) is 1.11. The molecule has 1 heterocycles. The minimum atomic E-state index is 0.248. The van der Waals surface area contributed by atoms with Crippen molar-refractivity contribution >= 4 is 0 Å². The highest BCUT2D eigenvalue weighted by Crippen LogP contribution is 2.25. The molecule has 0 aliphatic carbocycles. The summed E-state index contributed by atoms with van der Waals surface area (Å²) in [6.07, 6.45) is 3.90. The maximum atomic E-state index is 5.78. The van der Waals surface area contributed by atoms with Crippen LogP contribution in [0, 0.1) is 5.92 Å². The standard InChI is InChI=1S/C9H20N2/c1-8(2)9(7-10)5-3-4-6-11-9/h8,11H,3-7,10H2,1-2H3. The molecule has 0 bridgehead atoms. The zero-order valence-electron chi connectivity index (χ0n) is 7.69. The summed E-state index contributed by atoms with van der Waals surface area (Å²) in [5.41, 5.74) is 6.02. The van der Waals surface area contributed by atoms with Crippen molar-refractivity contribution < 1.29 is 0 Å². The third-order valence-electron chi connectivity index (χ3n) is 3.00. The zero-order chi connectivity index (χ0) is 8.32. The van der Waals surface area contributed by atoms with Gasteiger partial charge in [-0.2, -0.15) is 0 Å². The lowest BCUT2D eigenvalue weighted by atomic mass is 9.79. The van der Waals surface area contributed by atoms with Crippen molar-refractivity contribution in [2.75, 3.05) is 13.1 Å². The first kappa shape index (κ1) is 9.01. The summed E-state index contributed by atoms with van der Waals surface area (Å²) in [5.74, 6) is 0.660. The molecule has 2 nitrogen and oxygen atoms in total. The van der Waals surface area contributed by atoms with Crippen molar-refractivity contribution in [2.24, 2.45) is 11.7 Å². The minimum Gasteiger partial charge on any atom is -0.329 e. The Labute approximate surface area is 69.5 Å². The molecule has 0 aromatic carbocycles. The molecule has 1 aliphatic rings. The number of rotatable bonds is 2. The van der Waals surface area contributed by atoms with E-state index in [9.17, 15) is 0 Å². The highest BCUT2D eigenvalue weighted by molar-refractivity contribution is 4.94. The molecule has 0 radical (unpaired) electrons. The van der Waals surface area contributed by atoms with Crippen LogP contribution in [0.5, 0.6) is 0 Å². The van der Waals surface area contributed by atoms with E-state index in [0.29, 0.717) is 5.92 Å². The molecule has 1 saturated heterocycles. The topological polar surface area (TPSA) is 38.0 Å². The van der Waals surface area contributed by atoms with Crippen molar-refractivity contribution in [3.63, 3.8) is 0 Å². The summed E-state index contributed by atoms with van der Waals surface area (Å²) in [6, 6.07) is 0. The average Bonchev–Trinajstić information content (AvgIpc) is 2.05. The summed E-state index contributed by atoms with van der Waals surface area (Å²) in [6.45, 7) is 6.44. The number of nitrogens with one attached hydrogen (secondary N) is 1. The van der Waals surface area contributed by atoms with Gasteiger partial charge in [-0.15, -0.1) is 0 Å². The smallest absolute Gasteiger partial charge is 0.0327 e. The van der Waals surface area contributed by atoms with Crippen molar-refractivity contribution in [3.8, 4) is 0 Å². The van der Waals surface area contributed by atoms with Gasteiger partial charge in [0.05, 0.1) is 0 Å². The van der Waals surface area contributed by atoms with Gasteiger partial charge in [0.25, 0.3) is 0 Å². The summed E-state index contributed by atoms with van der Waals surface area (Å²) in [4.78, 5) is 0. The van der Waals surface area contributed by atoms with Crippen LogP contribution in [0.3, 0.4) is 0 Å². The molecule has 11 heavy (non-hydrogen) atoms. The van der Waals surface area contributed by atoms with Gasteiger partial charge in [0, 0.05) is 12.1 Å². The lowest BCUT2D eigenvalue weighted by molar-refractivity contribution is 0.192. The van der Waals surface area contributed by atoms with Crippen molar-refractivity contribution in [1.82, 2.24) is 5.32 Å². The Morgan fingerprint density at radius 2 is 2.18 bits per heavy atom. The van der Waals surface area contributed by atoms with Crippen LogP contribution in [0.2, 0.25) is 0 Å². The lowest BCUT2D eigenvalue weighted by Gasteiger charge is -2.41. The fraction of sp³-hybridized carbons (Fsp3) is 1.00. The molecule has 66 valence electrons. The van der Waals surface area contributed by atoms with Crippen LogP contribution >= 0.6 is 0 Å². The first-order chi connectivity index (χ1) is 5.21. The maximum Gasteiger partial charge on any atom is 0.0327 e. The van der Waals surface area contributed by atoms with Crippen LogP contribution in [0.1, 0.15) is 33.1 Å². The van der Waals surface area contributed by atoms with Gasteiger partial charge in [0.1, 0.15) is 0 Å². The fourth-order valence-electron chi connectivity index (χ4n) is 1.89. The van der Waals surface area contributed by atoms with Crippen LogP contribution in [0.15, 0.2) is 0 Å². The van der Waals surface area contributed by atoms with Crippen molar-refractivity contribution in [3.05, 3.63) is 0 Å². The maximum absolute atomic E-state index is 5.78. The van der Waals surface area contributed by atoms with E-state index in [2.05, 4.69) is 19.2 Å². The Balaban J connectivity index is 2.57. The van der Waals surface area contributed by atoms with Crippen LogP contribution in [-0.4, -0.2) is 18.6 Å². The van der Waals surface area contributed by atoms with Gasteiger partial charge in [-0.3, -0.25) is 0 Å². The molecular weight excluding hydrogens is 136 g/mol. The Kier molecular flexibility index (Phi) is 2.90. The number of nitrogens with two attached hydrogens (primary N) is 1. The summed E-state index contributed by atoms with van der Waals surface area (Å²) in [7, 11) is 0. The molecule has 1 unspecified atom stereocenters. The normalized spacial score (nSPS) is 32.7. The van der Waals surface area contributed by atoms with E-state index in [0.717, 1.165) is 13.1 Å². The number of hydrogen-bond acceptors (Lipinski definition) is 2. The summed E-state index contributed by atoms with van der Waals surface area (Å²) in [5, 5.41) is 3.56. The third kappa shape index (κ3) is 1.74. The highest BCUT2D eigenvalue weighted by Gasteiger charge is 2.32. The van der Waals surface area contributed by atoms with Gasteiger partial charge in [0.15, 0.2) is 0 Å². The van der Waals surface area contributed by atoms with Crippen molar-refractivity contribution in [2.45, 2.75) is 38.6 Å². The molecule has 1 aliphatic heterocycles. The van der Waals surface area contributed by atoms with Gasteiger partial charge in [0.2, 0.25) is 0 Å². The Bertz CT molecular complexity index is 115. The minimum absolute atomic E-state index is 0.248. The summed E-state index contributed by atoms with van der Waals surface area (Å²) < 4.78 is 0. The van der Waals surface area contributed by atoms with Gasteiger partial charge >= 0.3 is 0 Å². The van der Waals surface area contributed by atoms with Gasteiger partial charge in [-0.05, 0) is 25.3 Å². The summed E-state index contributed by atoms with van der Waals surface area (Å²) >= 11 is 0. The molecule has 1 rings (SSSR count). The van der Waals surface area contributed by atoms with Gasteiger partial charge in [-0.25, -0.2) is 0 Å². The molecule has 1 atom stereocenters. The van der Waals surface area contributed by atoms with E-state index in [-0.39, 0.29) is 5.54 Å². The van der Waals surface area contributed by atoms with E-state index >= 15 is 0 Å². The zero-order valence-corrected chi connectivity index (χ0v) is 7.69. The van der Waals surface area contributed by atoms with Gasteiger partial charge < -0.3 is 11.1 Å². The second-order valence-electron chi connectivity index (χ2n) is 3.90. The van der Waals surface area contributed by atoms with Crippen LogP contribution < -0.4 is 11.1 Å². The van der Waals surface area contributed by atoms with Crippen LogP contribution in [0.4, 0.5) is 0 Å². The Morgan fingerprint density at radius 1 is 1.45 bits per heavy atom. The molecule has 1 fully saturated rings. The lowest BCUT2D eigenvalue weighted by Crippen LogP contribution is -2.57. The molecule has 0 spiro atoms. The molecule has 3 N–H and O–H groups in total. The van der Waals surface area contributed by atoms with Crippen LogP contribution in [0.25, 0.3) is 0 Å². The van der Waals surface area contributed by atoms with E-state index < -0.39 is 0 Å². The first-order valence-electron chi connectivity index (χ1n) is 4.66. The van der Waals surface area contributed by atoms with Crippen molar-refractivity contribution in [1.29, 1.82) is 0 Å². The highest BCUT2D eigenvalue weighted by atomic mass is 15.0. The first-order valence-corrected chi connectivity index (χ1v) is 4.66. The largest absolute Gasteiger partial charge is 0.329 e. The molecule has 0 amide bonds. The molecule has 0 saturated carbocycles. The van der Waals surface area contributed by atoms with E-state index in [4.69, 9.17) is 5.73 Å². The van der Waals surface area contributed by atoms with Crippen LogP contribution in [-0.2, 0) is 0 Å². The van der Waals surface area contributed by atoms with Gasteiger partial charge in [-0.1, -0.05) is 20.3 Å². The third-order valence-corrected chi connectivity index (χ3v) is 3.00. The monoisotopic (exact) mass is 156 g/mol. The predicted molar refractivity (Wildman–Crippen MR) is 48.5 cm³/mol. The fourth-order valence-corrected chi connectivity index (χ4v) is 1.89. The molecule has 0 aromatic heterocycles. The molecule has 0 aromatic rings. The quantitative estimate of drug-likeness (QED) is 0.628. The second kappa shape index (κ2) is 3.55. The SMILES string of the molecule is CC(C)C1(CN)CCCCN1. The second-order valence-corrected chi connectivity index (χ2v) is 3.90. The molecule has 2 heteroatoms. The van der Waals surface area contributed by atoms with E-state index in [1.165, 1.54) is 19.3 Å².